The molecule has 2 N–H and O–H groups in total. The Hall–Kier alpha value is -2.68. The molecule has 0 aliphatic rings. The average molecular weight is 323 g/mol. The van der Waals surface area contributed by atoms with Crippen molar-refractivity contribution in [3.8, 4) is 0 Å². The number of hydrogen-bond acceptors (Lipinski definition) is 5. The molecule has 0 aliphatic carbocycles. The second-order valence-corrected chi connectivity index (χ2v) is 4.80. The second kappa shape index (κ2) is 6.21. The Morgan fingerprint density at radius 2 is 2.13 bits per heavy atom. The first-order valence-corrected chi connectivity index (χ1v) is 6.69. The van der Waals surface area contributed by atoms with Crippen LogP contribution < -0.4 is 5.32 Å². The van der Waals surface area contributed by atoms with Crippen LogP contribution in [-0.4, -0.2) is 20.3 Å². The highest BCUT2D eigenvalue weighted by molar-refractivity contribution is 5.31. The number of nitrogens with zero attached hydrogens (tertiary/aromatic N) is 3. The topological polar surface area (TPSA) is 79.6 Å². The summed E-state index contributed by atoms with van der Waals surface area (Å²) in [5.74, 6) is 0.410. The van der Waals surface area contributed by atoms with E-state index in [4.69, 9.17) is 4.52 Å². The molecular formula is C14H12F3N5O. The summed E-state index contributed by atoms with van der Waals surface area (Å²) in [5.41, 5.74) is 0.323. The molecule has 2 heterocycles. The maximum Gasteiger partial charge on any atom is 0.416 e. The van der Waals surface area contributed by atoms with Crippen LogP contribution in [-0.2, 0) is 12.7 Å². The maximum absolute atomic E-state index is 12.9. The average Bonchev–Trinajstić information content (AvgIpc) is 3.20. The van der Waals surface area contributed by atoms with Crippen molar-refractivity contribution < 1.29 is 17.7 Å². The van der Waals surface area contributed by atoms with Crippen molar-refractivity contribution in [1.82, 2.24) is 25.7 Å². The monoisotopic (exact) mass is 323 g/mol. The fourth-order valence-electron chi connectivity index (χ4n) is 2.16. The van der Waals surface area contributed by atoms with Crippen molar-refractivity contribution in [3.05, 3.63) is 65.6 Å². The predicted octanol–water partition coefficient (Wildman–Crippen LogP) is 2.69. The van der Waals surface area contributed by atoms with Crippen molar-refractivity contribution in [2.24, 2.45) is 0 Å². The van der Waals surface area contributed by atoms with Gasteiger partial charge in [-0.25, -0.2) is 4.98 Å². The molecule has 6 nitrogen and oxygen atoms in total. The van der Waals surface area contributed by atoms with Crippen molar-refractivity contribution in [3.63, 3.8) is 0 Å². The zero-order chi connectivity index (χ0) is 16.3. The third-order valence-electron chi connectivity index (χ3n) is 3.23. The largest absolute Gasteiger partial charge is 0.416 e. The summed E-state index contributed by atoms with van der Waals surface area (Å²) in [6.45, 7) is 0.304. The minimum Gasteiger partial charge on any atom is -0.364 e. The number of aromatic nitrogens is 4. The van der Waals surface area contributed by atoms with E-state index in [1.807, 2.05) is 0 Å². The van der Waals surface area contributed by atoms with Gasteiger partial charge in [-0.15, -0.1) is 0 Å². The molecule has 23 heavy (non-hydrogen) atoms. The Morgan fingerprint density at radius 1 is 1.26 bits per heavy atom. The van der Waals surface area contributed by atoms with Gasteiger partial charge in [-0.1, -0.05) is 17.3 Å². The van der Waals surface area contributed by atoms with Crippen LogP contribution in [0.25, 0.3) is 0 Å². The first kappa shape index (κ1) is 15.2. The molecule has 9 heteroatoms. The molecule has 0 saturated heterocycles. The Balaban J connectivity index is 1.89. The summed E-state index contributed by atoms with van der Waals surface area (Å²) in [4.78, 5) is 4.03. The van der Waals surface area contributed by atoms with E-state index in [2.05, 4.69) is 25.7 Å². The van der Waals surface area contributed by atoms with E-state index in [0.29, 0.717) is 23.6 Å². The van der Waals surface area contributed by atoms with E-state index >= 15 is 0 Å². The highest BCUT2D eigenvalue weighted by atomic mass is 19.4. The molecule has 0 unspecified atom stereocenters. The third-order valence-corrected chi connectivity index (χ3v) is 3.23. The van der Waals surface area contributed by atoms with Gasteiger partial charge in [0.15, 0.2) is 0 Å². The van der Waals surface area contributed by atoms with E-state index in [-0.39, 0.29) is 0 Å². The minimum atomic E-state index is -4.41. The van der Waals surface area contributed by atoms with Gasteiger partial charge in [0.1, 0.15) is 18.4 Å². The van der Waals surface area contributed by atoms with Crippen molar-refractivity contribution in [2.45, 2.75) is 18.8 Å². The van der Waals surface area contributed by atoms with E-state index in [9.17, 15) is 13.2 Å². The molecule has 0 saturated carbocycles. The number of alkyl halides is 3. The van der Waals surface area contributed by atoms with Crippen LogP contribution in [0, 0.1) is 0 Å². The Kier molecular flexibility index (Phi) is 4.11. The van der Waals surface area contributed by atoms with E-state index < -0.39 is 17.8 Å². The van der Waals surface area contributed by atoms with E-state index in [0.717, 1.165) is 12.1 Å². The lowest BCUT2D eigenvalue weighted by Gasteiger charge is -2.17. The number of hydrogen-bond donors (Lipinski definition) is 2. The standard InChI is InChI=1S/C14H12F3N5O/c15-14(16,17)10-3-1-2-9(6-10)12(13-19-8-20-21-13)18-7-11-4-5-23-22-11/h1-6,8,12,18H,7H2,(H,19,20,21)/t12-/m0/s1. The number of rotatable bonds is 5. The first-order valence-electron chi connectivity index (χ1n) is 6.69. The molecule has 0 radical (unpaired) electrons. The van der Waals surface area contributed by atoms with Gasteiger partial charge in [-0.2, -0.15) is 18.3 Å². The normalized spacial score (nSPS) is 13.2. The van der Waals surface area contributed by atoms with Gasteiger partial charge in [0.25, 0.3) is 0 Å². The molecule has 0 spiro atoms. The summed E-state index contributed by atoms with van der Waals surface area (Å²) in [6.07, 6.45) is -1.69. The van der Waals surface area contributed by atoms with Crippen LogP contribution in [0.3, 0.4) is 0 Å². The number of aromatic amines is 1. The molecular weight excluding hydrogens is 311 g/mol. The molecule has 0 bridgehead atoms. The molecule has 1 atom stereocenters. The molecule has 3 rings (SSSR count). The van der Waals surface area contributed by atoms with E-state index in [1.54, 1.807) is 12.1 Å². The SMILES string of the molecule is FC(F)(F)c1cccc([C@H](NCc2ccon2)c2ncn[nH]2)c1. The van der Waals surface area contributed by atoms with Crippen LogP contribution in [0.2, 0.25) is 0 Å². The fraction of sp³-hybridized carbons (Fsp3) is 0.214. The maximum atomic E-state index is 12.9. The van der Waals surface area contributed by atoms with Crippen molar-refractivity contribution >= 4 is 0 Å². The Morgan fingerprint density at radius 3 is 2.78 bits per heavy atom. The summed E-state index contributed by atoms with van der Waals surface area (Å²) in [5, 5.41) is 13.3. The number of H-pyrrole nitrogens is 1. The second-order valence-electron chi connectivity index (χ2n) is 4.80. The minimum absolute atomic E-state index is 0.304. The smallest absolute Gasteiger partial charge is 0.364 e. The van der Waals surface area contributed by atoms with Gasteiger partial charge in [-0.05, 0) is 17.7 Å². The number of benzene rings is 1. The van der Waals surface area contributed by atoms with Gasteiger partial charge in [-0.3, -0.25) is 10.4 Å². The van der Waals surface area contributed by atoms with Gasteiger partial charge >= 0.3 is 6.18 Å². The van der Waals surface area contributed by atoms with Crippen LogP contribution in [0.1, 0.15) is 28.7 Å². The quantitative estimate of drug-likeness (QED) is 0.755. The predicted molar refractivity (Wildman–Crippen MR) is 73.0 cm³/mol. The lowest BCUT2D eigenvalue weighted by molar-refractivity contribution is -0.137. The Labute approximate surface area is 128 Å². The summed E-state index contributed by atoms with van der Waals surface area (Å²) in [7, 11) is 0. The van der Waals surface area contributed by atoms with Gasteiger partial charge in [0, 0.05) is 12.6 Å². The van der Waals surface area contributed by atoms with E-state index in [1.165, 1.54) is 18.7 Å². The molecule has 3 aromatic rings. The number of halogens is 3. The molecule has 0 amide bonds. The fourth-order valence-corrected chi connectivity index (χ4v) is 2.16. The highest BCUT2D eigenvalue weighted by Gasteiger charge is 2.31. The highest BCUT2D eigenvalue weighted by Crippen LogP contribution is 2.31. The van der Waals surface area contributed by atoms with Gasteiger partial charge < -0.3 is 4.52 Å². The molecule has 0 aliphatic heterocycles. The molecule has 1 aromatic carbocycles. The Bertz CT molecular complexity index is 740. The number of nitrogens with one attached hydrogen (secondary N) is 2. The van der Waals surface area contributed by atoms with Gasteiger partial charge in [0.2, 0.25) is 0 Å². The summed E-state index contributed by atoms with van der Waals surface area (Å²) >= 11 is 0. The summed E-state index contributed by atoms with van der Waals surface area (Å²) < 4.78 is 43.4. The zero-order valence-electron chi connectivity index (χ0n) is 11.7. The first-order chi connectivity index (χ1) is 11.0. The van der Waals surface area contributed by atoms with Crippen LogP contribution in [0.5, 0.6) is 0 Å². The van der Waals surface area contributed by atoms with Crippen molar-refractivity contribution in [2.75, 3.05) is 0 Å². The molecule has 2 aromatic heterocycles. The molecule has 120 valence electrons. The van der Waals surface area contributed by atoms with Gasteiger partial charge in [0.05, 0.1) is 17.3 Å². The lowest BCUT2D eigenvalue weighted by Crippen LogP contribution is -2.24. The van der Waals surface area contributed by atoms with Crippen molar-refractivity contribution in [1.29, 1.82) is 0 Å². The van der Waals surface area contributed by atoms with Crippen LogP contribution in [0.4, 0.5) is 13.2 Å². The molecule has 0 fully saturated rings. The summed E-state index contributed by atoms with van der Waals surface area (Å²) in [6, 6.07) is 6.15. The zero-order valence-corrected chi connectivity index (χ0v) is 11.7. The lowest BCUT2D eigenvalue weighted by atomic mass is 10.0. The van der Waals surface area contributed by atoms with Crippen LogP contribution >= 0.6 is 0 Å². The van der Waals surface area contributed by atoms with Crippen LogP contribution in [0.15, 0.2) is 47.4 Å². The third kappa shape index (κ3) is 3.57.